The van der Waals surface area contributed by atoms with Crippen LogP contribution in [0.2, 0.25) is 0 Å². The second-order valence-electron chi connectivity index (χ2n) is 4.40. The van der Waals surface area contributed by atoms with Gasteiger partial charge in [0.2, 0.25) is 5.91 Å². The van der Waals surface area contributed by atoms with Crippen molar-refractivity contribution in [2.24, 2.45) is 0 Å². The highest BCUT2D eigenvalue weighted by Gasteiger charge is 2.14. The van der Waals surface area contributed by atoms with Gasteiger partial charge in [-0.2, -0.15) is 5.10 Å². The largest absolute Gasteiger partial charge is 0.478 e. The number of hydrogen-bond donors (Lipinski definition) is 2. The summed E-state index contributed by atoms with van der Waals surface area (Å²) < 4.78 is 1.59. The average Bonchev–Trinajstić information content (AvgIpc) is 3.13. The number of carboxylic acid groups (broad SMARTS) is 1. The van der Waals surface area contributed by atoms with Gasteiger partial charge in [-0.1, -0.05) is 0 Å². The molecule has 0 aliphatic rings. The van der Waals surface area contributed by atoms with E-state index in [4.69, 9.17) is 5.11 Å². The maximum absolute atomic E-state index is 12.0. The maximum atomic E-state index is 12.0. The van der Waals surface area contributed by atoms with Crippen LogP contribution in [0.1, 0.15) is 23.4 Å². The Morgan fingerprint density at radius 3 is 3.05 bits per heavy atom. The lowest BCUT2D eigenvalue weighted by atomic mass is 10.2. The van der Waals surface area contributed by atoms with Crippen molar-refractivity contribution in [3.8, 4) is 0 Å². The van der Waals surface area contributed by atoms with Crippen molar-refractivity contribution in [2.75, 3.05) is 0 Å². The molecule has 0 saturated carbocycles. The summed E-state index contributed by atoms with van der Waals surface area (Å²) in [6.45, 7) is 2.19. The molecule has 21 heavy (non-hydrogen) atoms. The van der Waals surface area contributed by atoms with Crippen molar-refractivity contribution in [1.29, 1.82) is 0 Å². The molecule has 6 nitrogen and oxygen atoms in total. The molecule has 1 unspecified atom stereocenters. The fraction of sp³-hybridized carbons (Fsp3) is 0.214. The van der Waals surface area contributed by atoms with Gasteiger partial charge in [-0.3, -0.25) is 9.48 Å². The zero-order chi connectivity index (χ0) is 15.2. The first-order valence-electron chi connectivity index (χ1n) is 6.31. The average molecular weight is 305 g/mol. The van der Waals surface area contributed by atoms with E-state index < -0.39 is 5.97 Å². The van der Waals surface area contributed by atoms with E-state index in [1.54, 1.807) is 30.1 Å². The number of aromatic nitrogens is 2. The molecular weight excluding hydrogens is 290 g/mol. The van der Waals surface area contributed by atoms with E-state index in [0.717, 1.165) is 16.5 Å². The first-order chi connectivity index (χ1) is 10.1. The molecule has 0 aromatic carbocycles. The van der Waals surface area contributed by atoms with E-state index in [2.05, 4.69) is 10.4 Å². The number of carbonyl (C=O) groups is 2. The highest BCUT2D eigenvalue weighted by atomic mass is 32.1. The van der Waals surface area contributed by atoms with Crippen LogP contribution in [0, 0.1) is 0 Å². The molecular formula is C14H15N3O3S. The summed E-state index contributed by atoms with van der Waals surface area (Å²) in [5, 5.41) is 17.3. The summed E-state index contributed by atoms with van der Waals surface area (Å²) in [4.78, 5) is 23.4. The van der Waals surface area contributed by atoms with E-state index in [1.165, 1.54) is 17.4 Å². The molecule has 2 heterocycles. The van der Waals surface area contributed by atoms with Gasteiger partial charge in [-0.25, -0.2) is 4.79 Å². The second-order valence-corrected chi connectivity index (χ2v) is 5.39. The van der Waals surface area contributed by atoms with Crippen molar-refractivity contribution in [3.63, 3.8) is 0 Å². The van der Waals surface area contributed by atoms with Gasteiger partial charge in [0.05, 0.1) is 6.54 Å². The van der Waals surface area contributed by atoms with Gasteiger partial charge in [0.1, 0.15) is 6.04 Å². The highest BCUT2D eigenvalue weighted by Crippen LogP contribution is 2.16. The number of amides is 1. The molecule has 2 aromatic rings. The molecule has 1 amide bonds. The number of carbonyl (C=O) groups excluding carboxylic acids is 1. The van der Waals surface area contributed by atoms with Crippen molar-refractivity contribution >= 4 is 29.3 Å². The molecule has 1 atom stereocenters. The topological polar surface area (TPSA) is 84.2 Å². The Kier molecular flexibility index (Phi) is 4.89. The molecule has 7 heteroatoms. The lowest BCUT2D eigenvalue weighted by molar-refractivity contribution is -0.131. The molecule has 0 radical (unpaired) electrons. The fourth-order valence-electron chi connectivity index (χ4n) is 1.70. The first kappa shape index (κ1) is 15.0. The molecule has 2 rings (SSSR count). The van der Waals surface area contributed by atoms with Crippen LogP contribution in [0.15, 0.2) is 36.0 Å². The third-order valence-electron chi connectivity index (χ3n) is 2.83. The van der Waals surface area contributed by atoms with Crippen molar-refractivity contribution in [1.82, 2.24) is 15.1 Å². The van der Waals surface area contributed by atoms with Crippen LogP contribution in [-0.4, -0.2) is 26.8 Å². The van der Waals surface area contributed by atoms with Crippen LogP contribution in [-0.2, 0) is 16.1 Å². The standard InChI is InChI=1S/C14H15N3O3S/c1-10(17-6-2-5-16-17)14(20)15-8-12-7-11(9-21-12)3-4-13(18)19/h2-7,9-10H,8H2,1H3,(H,15,20)(H,18,19). The predicted molar refractivity (Wildman–Crippen MR) is 79.8 cm³/mol. The third-order valence-corrected chi connectivity index (χ3v) is 3.79. The lowest BCUT2D eigenvalue weighted by Crippen LogP contribution is -2.30. The number of nitrogens with zero attached hydrogens (tertiary/aromatic N) is 2. The van der Waals surface area contributed by atoms with Crippen LogP contribution in [0.3, 0.4) is 0 Å². The maximum Gasteiger partial charge on any atom is 0.328 e. The Morgan fingerprint density at radius 2 is 2.38 bits per heavy atom. The van der Waals surface area contributed by atoms with Crippen LogP contribution in [0.5, 0.6) is 0 Å². The molecule has 0 aliphatic heterocycles. The van der Waals surface area contributed by atoms with Crippen molar-refractivity contribution < 1.29 is 14.7 Å². The van der Waals surface area contributed by atoms with E-state index in [-0.39, 0.29) is 11.9 Å². The molecule has 2 N–H and O–H groups in total. The fourth-order valence-corrected chi connectivity index (χ4v) is 2.49. The van der Waals surface area contributed by atoms with Gasteiger partial charge in [0.25, 0.3) is 0 Å². The summed E-state index contributed by atoms with van der Waals surface area (Å²) in [5.41, 5.74) is 0.812. The Balaban J connectivity index is 1.88. The summed E-state index contributed by atoms with van der Waals surface area (Å²) in [6.07, 6.45) is 5.98. The summed E-state index contributed by atoms with van der Waals surface area (Å²) >= 11 is 1.47. The summed E-state index contributed by atoms with van der Waals surface area (Å²) in [6, 6.07) is 3.25. The molecule has 0 aliphatic carbocycles. The Hall–Kier alpha value is -2.41. The number of nitrogens with one attached hydrogen (secondary N) is 1. The Morgan fingerprint density at radius 1 is 1.57 bits per heavy atom. The van der Waals surface area contributed by atoms with Crippen LogP contribution in [0.4, 0.5) is 0 Å². The van der Waals surface area contributed by atoms with Crippen molar-refractivity contribution in [2.45, 2.75) is 19.5 Å². The monoisotopic (exact) mass is 305 g/mol. The number of aliphatic carboxylic acids is 1. The second kappa shape index (κ2) is 6.85. The van der Waals surface area contributed by atoms with Crippen LogP contribution in [0.25, 0.3) is 6.08 Å². The highest BCUT2D eigenvalue weighted by molar-refractivity contribution is 7.10. The van der Waals surface area contributed by atoms with Gasteiger partial charge in [0.15, 0.2) is 0 Å². The van der Waals surface area contributed by atoms with E-state index in [1.807, 2.05) is 11.4 Å². The SMILES string of the molecule is CC(C(=O)NCc1cc(C=CC(=O)O)cs1)n1cccn1. The molecule has 0 fully saturated rings. The number of thiophene rings is 1. The minimum atomic E-state index is -0.982. The number of hydrogen-bond acceptors (Lipinski definition) is 4. The molecule has 0 bridgehead atoms. The van der Waals surface area contributed by atoms with Gasteiger partial charge in [0, 0.05) is 23.3 Å². The van der Waals surface area contributed by atoms with E-state index in [0.29, 0.717) is 6.54 Å². The van der Waals surface area contributed by atoms with E-state index in [9.17, 15) is 9.59 Å². The normalized spacial score (nSPS) is 12.4. The van der Waals surface area contributed by atoms with Crippen LogP contribution < -0.4 is 5.32 Å². The quantitative estimate of drug-likeness (QED) is 0.799. The lowest BCUT2D eigenvalue weighted by Gasteiger charge is -2.11. The van der Waals surface area contributed by atoms with Crippen molar-refractivity contribution in [3.05, 3.63) is 46.4 Å². The molecule has 2 aromatic heterocycles. The minimum Gasteiger partial charge on any atom is -0.478 e. The minimum absolute atomic E-state index is 0.116. The van der Waals surface area contributed by atoms with Gasteiger partial charge in [-0.05, 0) is 36.1 Å². The zero-order valence-electron chi connectivity index (χ0n) is 11.4. The van der Waals surface area contributed by atoms with E-state index >= 15 is 0 Å². The Labute approximate surface area is 125 Å². The predicted octanol–water partition coefficient (Wildman–Crippen LogP) is 1.92. The van der Waals surface area contributed by atoms with Gasteiger partial charge >= 0.3 is 5.97 Å². The summed E-state index contributed by atoms with van der Waals surface area (Å²) in [7, 11) is 0. The number of carboxylic acids is 1. The summed E-state index contributed by atoms with van der Waals surface area (Å²) in [5.74, 6) is -1.10. The first-order valence-corrected chi connectivity index (χ1v) is 7.19. The molecule has 0 saturated heterocycles. The zero-order valence-corrected chi connectivity index (χ0v) is 12.2. The molecule has 110 valence electrons. The van der Waals surface area contributed by atoms with Gasteiger partial charge in [-0.15, -0.1) is 11.3 Å². The number of rotatable bonds is 6. The Bertz CT molecular complexity index is 646. The van der Waals surface area contributed by atoms with Gasteiger partial charge < -0.3 is 10.4 Å². The van der Waals surface area contributed by atoms with Crippen LogP contribution >= 0.6 is 11.3 Å². The molecule has 0 spiro atoms. The third kappa shape index (κ3) is 4.28. The smallest absolute Gasteiger partial charge is 0.328 e.